The molecule has 2 aromatic rings. The van der Waals surface area contributed by atoms with E-state index in [1.54, 1.807) is 48.5 Å². The van der Waals surface area contributed by atoms with Crippen molar-refractivity contribution in [2.24, 2.45) is 35.5 Å². The maximum atomic E-state index is 13.3. The van der Waals surface area contributed by atoms with E-state index in [0.717, 1.165) is 10.9 Å². The van der Waals surface area contributed by atoms with Crippen LogP contribution in [0.5, 0.6) is 5.75 Å². The van der Waals surface area contributed by atoms with Gasteiger partial charge in [-0.1, -0.05) is 34.1 Å². The first-order valence-electron chi connectivity index (χ1n) is 10.2. The van der Waals surface area contributed by atoms with E-state index in [1.165, 1.54) is 4.90 Å². The van der Waals surface area contributed by atoms with Gasteiger partial charge in [-0.2, -0.15) is 0 Å². The minimum atomic E-state index is -0.491. The monoisotopic (exact) mass is 463 g/mol. The number of nitrogens with zero attached hydrogens (tertiary/aromatic N) is 1. The molecule has 0 spiro atoms. The number of anilines is 1. The second-order valence-electron chi connectivity index (χ2n) is 8.56. The second-order valence-corrected chi connectivity index (χ2v) is 9.48. The Morgan fingerprint density at radius 2 is 1.57 bits per heavy atom. The summed E-state index contributed by atoms with van der Waals surface area (Å²) in [7, 11) is 0. The molecule has 0 N–H and O–H groups in total. The van der Waals surface area contributed by atoms with E-state index in [2.05, 4.69) is 28.1 Å². The van der Waals surface area contributed by atoms with Crippen LogP contribution in [-0.2, 0) is 9.59 Å². The number of allylic oxidation sites excluding steroid dienone is 2. The molecule has 5 aliphatic rings. The number of imide groups is 1. The first-order valence-corrected chi connectivity index (χ1v) is 11.0. The maximum Gasteiger partial charge on any atom is 0.343 e. The van der Waals surface area contributed by atoms with Crippen LogP contribution in [0.2, 0.25) is 0 Å². The molecule has 7 rings (SSSR count). The molecule has 0 aromatic heterocycles. The standard InChI is InChI=1S/C24H18BrNO4/c25-13-6-4-12(5-7-13)24(29)30-15-3-1-2-14(10-15)26-22(27)20-16-8-9-17(19-11-18(16)19)21(20)23(26)28/h1-10,16-21H,11H2. The Balaban J connectivity index is 1.27. The fraction of sp³-hybridized carbons (Fsp3) is 0.292. The van der Waals surface area contributed by atoms with Crippen molar-refractivity contribution in [3.8, 4) is 5.75 Å². The zero-order valence-electron chi connectivity index (χ0n) is 15.9. The molecule has 2 saturated carbocycles. The molecule has 1 heterocycles. The highest BCUT2D eigenvalue weighted by Gasteiger charge is 2.67. The molecular weight excluding hydrogens is 446 g/mol. The first-order chi connectivity index (χ1) is 14.5. The second kappa shape index (κ2) is 6.38. The first kappa shape index (κ1) is 18.1. The van der Waals surface area contributed by atoms with Gasteiger partial charge in [-0.3, -0.25) is 9.59 Å². The van der Waals surface area contributed by atoms with Crippen molar-refractivity contribution < 1.29 is 19.1 Å². The average Bonchev–Trinajstić information content (AvgIpc) is 3.52. The van der Waals surface area contributed by atoms with E-state index in [-0.39, 0.29) is 35.5 Å². The number of hydrogen-bond acceptors (Lipinski definition) is 4. The van der Waals surface area contributed by atoms with Gasteiger partial charge in [-0.25, -0.2) is 9.69 Å². The zero-order chi connectivity index (χ0) is 20.6. The van der Waals surface area contributed by atoms with Crippen LogP contribution < -0.4 is 9.64 Å². The van der Waals surface area contributed by atoms with Gasteiger partial charge < -0.3 is 4.74 Å². The van der Waals surface area contributed by atoms with Crippen LogP contribution in [0.25, 0.3) is 0 Å². The SMILES string of the molecule is O=C(Oc1cccc(N2C(=O)C3C4C=CC(C5CC45)C3C2=O)c1)c1ccc(Br)cc1. The lowest BCUT2D eigenvalue weighted by molar-refractivity contribution is -0.124. The number of amides is 2. The number of benzene rings is 2. The average molecular weight is 464 g/mol. The van der Waals surface area contributed by atoms with Gasteiger partial charge in [0, 0.05) is 10.5 Å². The molecule has 3 fully saturated rings. The van der Waals surface area contributed by atoms with E-state index in [0.29, 0.717) is 28.8 Å². The Kier molecular flexibility index (Phi) is 3.84. The largest absolute Gasteiger partial charge is 0.423 e. The number of rotatable bonds is 3. The van der Waals surface area contributed by atoms with Crippen LogP contribution in [0.4, 0.5) is 5.69 Å². The van der Waals surface area contributed by atoms with Crippen LogP contribution in [0.3, 0.4) is 0 Å². The minimum Gasteiger partial charge on any atom is -0.423 e. The molecule has 2 amide bonds. The van der Waals surface area contributed by atoms with Gasteiger partial charge in [0.25, 0.3) is 0 Å². The summed E-state index contributed by atoms with van der Waals surface area (Å²) in [5.41, 5.74) is 0.887. The summed E-state index contributed by atoms with van der Waals surface area (Å²) in [4.78, 5) is 40.2. The Morgan fingerprint density at radius 3 is 2.20 bits per heavy atom. The Bertz CT molecular complexity index is 1090. The molecule has 4 aliphatic carbocycles. The minimum absolute atomic E-state index is 0.119. The van der Waals surface area contributed by atoms with E-state index >= 15 is 0 Å². The molecule has 150 valence electrons. The third-order valence-electron chi connectivity index (χ3n) is 7.03. The lowest BCUT2D eigenvalue weighted by Gasteiger charge is -2.37. The van der Waals surface area contributed by atoms with Gasteiger partial charge in [-0.15, -0.1) is 0 Å². The molecule has 2 bridgehead atoms. The van der Waals surface area contributed by atoms with Gasteiger partial charge in [0.1, 0.15) is 5.75 Å². The predicted octanol–water partition coefficient (Wildman–Crippen LogP) is 4.23. The van der Waals surface area contributed by atoms with Crippen LogP contribution >= 0.6 is 15.9 Å². The van der Waals surface area contributed by atoms with Gasteiger partial charge in [0.05, 0.1) is 23.1 Å². The molecule has 0 radical (unpaired) electrons. The summed E-state index contributed by atoms with van der Waals surface area (Å²) < 4.78 is 6.36. The third-order valence-corrected chi connectivity index (χ3v) is 7.56. The number of esters is 1. The normalized spacial score (nSPS) is 32.8. The maximum absolute atomic E-state index is 13.3. The van der Waals surface area contributed by atoms with Crippen molar-refractivity contribution in [2.45, 2.75) is 6.42 Å². The van der Waals surface area contributed by atoms with Crippen molar-refractivity contribution in [3.63, 3.8) is 0 Å². The summed E-state index contributed by atoms with van der Waals surface area (Å²) in [6.07, 6.45) is 5.45. The Labute approximate surface area is 181 Å². The van der Waals surface area contributed by atoms with Crippen LogP contribution in [-0.4, -0.2) is 17.8 Å². The highest BCUT2D eigenvalue weighted by molar-refractivity contribution is 9.10. The van der Waals surface area contributed by atoms with Gasteiger partial charge in [0.15, 0.2) is 0 Å². The van der Waals surface area contributed by atoms with Gasteiger partial charge in [-0.05, 0) is 66.5 Å². The topological polar surface area (TPSA) is 63.7 Å². The van der Waals surface area contributed by atoms with E-state index in [1.807, 2.05) is 0 Å². The lowest BCUT2D eigenvalue weighted by Crippen LogP contribution is -2.40. The zero-order valence-corrected chi connectivity index (χ0v) is 17.5. The fourth-order valence-electron chi connectivity index (χ4n) is 5.65. The van der Waals surface area contributed by atoms with E-state index in [4.69, 9.17) is 4.74 Å². The number of carbonyl (C=O) groups is 3. The highest BCUT2D eigenvalue weighted by Crippen LogP contribution is 2.65. The molecule has 30 heavy (non-hydrogen) atoms. The Hall–Kier alpha value is -2.73. The lowest BCUT2D eigenvalue weighted by atomic mass is 9.63. The van der Waals surface area contributed by atoms with Gasteiger partial charge >= 0.3 is 5.97 Å². The highest BCUT2D eigenvalue weighted by atomic mass is 79.9. The molecule has 6 atom stereocenters. The molecule has 6 heteroatoms. The van der Waals surface area contributed by atoms with Crippen molar-refractivity contribution in [1.82, 2.24) is 0 Å². The smallest absolute Gasteiger partial charge is 0.343 e. The third kappa shape index (κ3) is 2.56. The van der Waals surface area contributed by atoms with Crippen molar-refractivity contribution >= 4 is 39.4 Å². The summed E-state index contributed by atoms with van der Waals surface area (Å²) in [5, 5.41) is 0. The number of halogens is 1. The molecule has 2 aromatic carbocycles. The molecule has 6 unspecified atom stereocenters. The number of hydrogen-bond donors (Lipinski definition) is 0. The van der Waals surface area contributed by atoms with Crippen LogP contribution in [0, 0.1) is 35.5 Å². The predicted molar refractivity (Wildman–Crippen MR) is 113 cm³/mol. The van der Waals surface area contributed by atoms with Crippen molar-refractivity contribution in [1.29, 1.82) is 0 Å². The quantitative estimate of drug-likeness (QED) is 0.295. The van der Waals surface area contributed by atoms with Crippen molar-refractivity contribution in [2.75, 3.05) is 4.90 Å². The number of carbonyl (C=O) groups excluding carboxylic acids is 3. The summed E-state index contributed by atoms with van der Waals surface area (Å²) in [5.74, 6) is 0.587. The Morgan fingerprint density at radius 1 is 0.933 bits per heavy atom. The molecule has 1 aliphatic heterocycles. The van der Waals surface area contributed by atoms with Crippen LogP contribution in [0.1, 0.15) is 16.8 Å². The van der Waals surface area contributed by atoms with Gasteiger partial charge in [0.2, 0.25) is 11.8 Å². The van der Waals surface area contributed by atoms with E-state index in [9.17, 15) is 14.4 Å². The fourth-order valence-corrected chi connectivity index (χ4v) is 5.91. The van der Waals surface area contributed by atoms with Crippen LogP contribution in [0.15, 0.2) is 65.2 Å². The van der Waals surface area contributed by atoms with E-state index < -0.39 is 5.97 Å². The van der Waals surface area contributed by atoms with Crippen molar-refractivity contribution in [3.05, 3.63) is 70.7 Å². The molecule has 5 nitrogen and oxygen atoms in total. The molecule has 1 saturated heterocycles. The summed E-state index contributed by atoms with van der Waals surface area (Å²) >= 11 is 3.34. The number of ether oxygens (including phenoxy) is 1. The summed E-state index contributed by atoms with van der Waals surface area (Å²) in [6, 6.07) is 13.5. The molecular formula is C24H18BrNO4. The summed E-state index contributed by atoms with van der Waals surface area (Å²) in [6.45, 7) is 0.